The van der Waals surface area contributed by atoms with Crippen molar-refractivity contribution in [3.05, 3.63) is 65.9 Å². The molecule has 0 saturated carbocycles. The molecule has 1 N–H and O–H groups in total. The highest BCUT2D eigenvalue weighted by Gasteiger charge is 2.22. The van der Waals surface area contributed by atoms with Gasteiger partial charge in [-0.15, -0.1) is 0 Å². The molecule has 33 heavy (non-hydrogen) atoms. The standard InChI is InChI=1S/C25H33N3O5/c1-19-24(17-27(14-15-30-2)16-21(29)18-31-3)25(28(26-19)20-8-6-5-7-9-20)33-23-12-10-22(32-4)11-13-23/h5-13,21,29H,14-18H2,1-4H3/t21-/m0/s1. The van der Waals surface area contributed by atoms with Gasteiger partial charge in [-0.25, -0.2) is 4.68 Å². The number of benzene rings is 2. The number of aryl methyl sites for hydroxylation is 1. The summed E-state index contributed by atoms with van der Waals surface area (Å²) in [6, 6.07) is 17.3. The van der Waals surface area contributed by atoms with E-state index in [1.54, 1.807) is 21.3 Å². The Morgan fingerprint density at radius 1 is 0.970 bits per heavy atom. The Hall–Kier alpha value is -2.91. The average molecular weight is 456 g/mol. The van der Waals surface area contributed by atoms with E-state index in [0.717, 1.165) is 22.7 Å². The molecule has 8 nitrogen and oxygen atoms in total. The second-order valence-corrected chi connectivity index (χ2v) is 7.73. The van der Waals surface area contributed by atoms with Crippen LogP contribution in [0.1, 0.15) is 11.3 Å². The quantitative estimate of drug-likeness (QED) is 0.423. The zero-order valence-electron chi connectivity index (χ0n) is 19.7. The Labute approximate surface area is 195 Å². The molecule has 0 fully saturated rings. The first-order chi connectivity index (χ1) is 16.0. The minimum absolute atomic E-state index is 0.265. The van der Waals surface area contributed by atoms with Crippen molar-refractivity contribution in [1.29, 1.82) is 0 Å². The van der Waals surface area contributed by atoms with E-state index in [4.69, 9.17) is 24.0 Å². The van der Waals surface area contributed by atoms with Crippen molar-refractivity contribution >= 4 is 0 Å². The Morgan fingerprint density at radius 2 is 1.67 bits per heavy atom. The number of aromatic nitrogens is 2. The fourth-order valence-electron chi connectivity index (χ4n) is 3.55. The van der Waals surface area contributed by atoms with Crippen LogP contribution < -0.4 is 9.47 Å². The van der Waals surface area contributed by atoms with Crippen molar-refractivity contribution in [2.24, 2.45) is 0 Å². The minimum atomic E-state index is -0.609. The Kier molecular flexibility index (Phi) is 9.26. The second-order valence-electron chi connectivity index (χ2n) is 7.73. The molecule has 0 aliphatic rings. The molecule has 0 bridgehead atoms. The smallest absolute Gasteiger partial charge is 0.227 e. The zero-order chi connectivity index (χ0) is 23.6. The van der Waals surface area contributed by atoms with Crippen molar-refractivity contribution in [2.75, 3.05) is 47.6 Å². The third-order valence-electron chi connectivity index (χ3n) is 5.23. The number of hydrogen-bond acceptors (Lipinski definition) is 7. The van der Waals surface area contributed by atoms with E-state index in [1.165, 1.54) is 0 Å². The number of rotatable bonds is 13. The van der Waals surface area contributed by atoms with Crippen LogP contribution in [0.5, 0.6) is 17.4 Å². The number of ether oxygens (including phenoxy) is 4. The number of aliphatic hydroxyl groups excluding tert-OH is 1. The van der Waals surface area contributed by atoms with Gasteiger partial charge in [0.05, 0.1) is 43.4 Å². The number of aliphatic hydroxyl groups is 1. The maximum absolute atomic E-state index is 10.3. The van der Waals surface area contributed by atoms with Crippen molar-refractivity contribution in [1.82, 2.24) is 14.7 Å². The van der Waals surface area contributed by atoms with Crippen molar-refractivity contribution in [3.8, 4) is 23.1 Å². The Bertz CT molecular complexity index is 976. The van der Waals surface area contributed by atoms with Gasteiger partial charge in [-0.2, -0.15) is 5.10 Å². The highest BCUT2D eigenvalue weighted by Crippen LogP contribution is 2.32. The van der Waals surface area contributed by atoms with Crippen LogP contribution in [0.25, 0.3) is 5.69 Å². The number of hydrogen-bond donors (Lipinski definition) is 1. The molecule has 3 aromatic rings. The lowest BCUT2D eigenvalue weighted by Crippen LogP contribution is -2.36. The van der Waals surface area contributed by atoms with E-state index < -0.39 is 6.10 Å². The molecule has 0 aliphatic heterocycles. The Morgan fingerprint density at radius 3 is 2.30 bits per heavy atom. The maximum Gasteiger partial charge on any atom is 0.227 e. The summed E-state index contributed by atoms with van der Waals surface area (Å²) >= 11 is 0. The molecular formula is C25H33N3O5. The summed E-state index contributed by atoms with van der Waals surface area (Å²) in [6.07, 6.45) is -0.609. The van der Waals surface area contributed by atoms with Crippen molar-refractivity contribution in [2.45, 2.75) is 19.6 Å². The first-order valence-electron chi connectivity index (χ1n) is 10.9. The highest BCUT2D eigenvalue weighted by atomic mass is 16.5. The molecule has 0 unspecified atom stereocenters. The molecular weight excluding hydrogens is 422 g/mol. The topological polar surface area (TPSA) is 78.2 Å². The zero-order valence-corrected chi connectivity index (χ0v) is 19.7. The lowest BCUT2D eigenvalue weighted by atomic mass is 10.2. The van der Waals surface area contributed by atoms with E-state index in [2.05, 4.69) is 4.90 Å². The van der Waals surface area contributed by atoms with Gasteiger partial charge in [-0.05, 0) is 43.3 Å². The van der Waals surface area contributed by atoms with E-state index in [0.29, 0.717) is 37.9 Å². The predicted molar refractivity (Wildman–Crippen MR) is 126 cm³/mol. The average Bonchev–Trinajstić information content (AvgIpc) is 3.13. The second kappa shape index (κ2) is 12.4. The molecule has 0 aliphatic carbocycles. The SMILES string of the molecule is COCCN(Cc1c(C)nn(-c2ccccc2)c1Oc1ccc(OC)cc1)C[C@H](O)COC. The number of nitrogens with zero attached hydrogens (tertiary/aromatic N) is 3. The van der Waals surface area contributed by atoms with Crippen LogP contribution in [-0.2, 0) is 16.0 Å². The van der Waals surface area contributed by atoms with E-state index in [-0.39, 0.29) is 6.61 Å². The first-order valence-corrected chi connectivity index (χ1v) is 10.9. The number of para-hydroxylation sites is 1. The van der Waals surface area contributed by atoms with Crippen LogP contribution in [0.4, 0.5) is 0 Å². The van der Waals surface area contributed by atoms with Crippen LogP contribution in [0.15, 0.2) is 54.6 Å². The summed E-state index contributed by atoms with van der Waals surface area (Å²) in [5.41, 5.74) is 2.69. The van der Waals surface area contributed by atoms with Gasteiger partial charge < -0.3 is 24.1 Å². The van der Waals surface area contributed by atoms with Gasteiger partial charge in [0.2, 0.25) is 5.88 Å². The fourth-order valence-corrected chi connectivity index (χ4v) is 3.55. The molecule has 1 heterocycles. The summed E-state index contributed by atoms with van der Waals surface area (Å²) < 4.78 is 23.8. The third-order valence-corrected chi connectivity index (χ3v) is 5.23. The van der Waals surface area contributed by atoms with Gasteiger partial charge in [-0.3, -0.25) is 4.90 Å². The molecule has 3 rings (SSSR count). The summed E-state index contributed by atoms with van der Waals surface area (Å²) in [4.78, 5) is 2.12. The van der Waals surface area contributed by atoms with Gasteiger partial charge >= 0.3 is 0 Å². The van der Waals surface area contributed by atoms with Crippen molar-refractivity contribution < 1.29 is 24.1 Å². The van der Waals surface area contributed by atoms with Crippen LogP contribution in [0.2, 0.25) is 0 Å². The molecule has 1 aromatic heterocycles. The van der Waals surface area contributed by atoms with Gasteiger partial charge in [0.15, 0.2) is 0 Å². The molecule has 0 amide bonds. The predicted octanol–water partition coefficient (Wildman–Crippen LogP) is 3.44. The lowest BCUT2D eigenvalue weighted by Gasteiger charge is -2.25. The van der Waals surface area contributed by atoms with E-state index in [1.807, 2.05) is 66.2 Å². The summed E-state index contributed by atoms with van der Waals surface area (Å²) in [7, 11) is 4.88. The largest absolute Gasteiger partial charge is 0.497 e. The molecule has 0 radical (unpaired) electrons. The number of methoxy groups -OCH3 is 3. The van der Waals surface area contributed by atoms with Crippen LogP contribution >= 0.6 is 0 Å². The van der Waals surface area contributed by atoms with Gasteiger partial charge in [0.1, 0.15) is 11.5 Å². The Balaban J connectivity index is 1.96. The van der Waals surface area contributed by atoms with Gasteiger partial charge in [-0.1, -0.05) is 18.2 Å². The van der Waals surface area contributed by atoms with E-state index in [9.17, 15) is 5.11 Å². The van der Waals surface area contributed by atoms with Gasteiger partial charge in [0.25, 0.3) is 0 Å². The monoisotopic (exact) mass is 455 g/mol. The molecule has 0 spiro atoms. The van der Waals surface area contributed by atoms with Crippen LogP contribution in [-0.4, -0.2) is 73.5 Å². The van der Waals surface area contributed by atoms with Crippen LogP contribution in [0, 0.1) is 6.92 Å². The summed E-state index contributed by atoms with van der Waals surface area (Å²) in [6.45, 7) is 4.40. The molecule has 178 valence electrons. The molecule has 1 atom stereocenters. The lowest BCUT2D eigenvalue weighted by molar-refractivity contribution is 0.0291. The third kappa shape index (κ3) is 6.79. The normalized spacial score (nSPS) is 12.2. The van der Waals surface area contributed by atoms with Crippen molar-refractivity contribution in [3.63, 3.8) is 0 Å². The first kappa shape index (κ1) is 24.7. The molecule has 0 saturated heterocycles. The maximum atomic E-state index is 10.3. The molecule has 8 heteroatoms. The fraction of sp³-hybridized carbons (Fsp3) is 0.400. The van der Waals surface area contributed by atoms with Crippen LogP contribution in [0.3, 0.4) is 0 Å². The van der Waals surface area contributed by atoms with E-state index >= 15 is 0 Å². The summed E-state index contributed by atoms with van der Waals surface area (Å²) in [5.74, 6) is 2.07. The molecule has 2 aromatic carbocycles. The highest BCUT2D eigenvalue weighted by molar-refractivity contribution is 5.44. The summed E-state index contributed by atoms with van der Waals surface area (Å²) in [5, 5.41) is 15.1. The van der Waals surface area contributed by atoms with Gasteiger partial charge in [0, 0.05) is 33.9 Å². The minimum Gasteiger partial charge on any atom is -0.497 e.